The topological polar surface area (TPSA) is 67.3 Å². The highest BCUT2D eigenvalue weighted by atomic mass is 35.5. The predicted octanol–water partition coefficient (Wildman–Crippen LogP) is 1.77. The van der Waals surface area contributed by atoms with Crippen LogP contribution < -0.4 is 10.1 Å². The lowest BCUT2D eigenvalue weighted by Gasteiger charge is -2.06. The van der Waals surface area contributed by atoms with Crippen molar-refractivity contribution < 1.29 is 9.84 Å². The molecule has 102 valence electrons. The van der Waals surface area contributed by atoms with Gasteiger partial charge in [0, 0.05) is 25.5 Å². The van der Waals surface area contributed by atoms with Crippen molar-refractivity contribution in [3.05, 3.63) is 48.3 Å². The molecular formula is C13H16ClN3O2. The quantitative estimate of drug-likeness (QED) is 0.790. The van der Waals surface area contributed by atoms with Gasteiger partial charge in [-0.05, 0) is 23.8 Å². The number of nitrogens with one attached hydrogen (secondary N) is 1. The summed E-state index contributed by atoms with van der Waals surface area (Å²) < 4.78 is 5.53. The summed E-state index contributed by atoms with van der Waals surface area (Å²) in [6.45, 7) is 1.40. The number of nitrogens with zero attached hydrogens (tertiary/aromatic N) is 2. The maximum absolute atomic E-state index is 8.69. The minimum Gasteiger partial charge on any atom is -0.424 e. The van der Waals surface area contributed by atoms with Crippen molar-refractivity contribution in [2.75, 3.05) is 13.2 Å². The van der Waals surface area contributed by atoms with Crippen molar-refractivity contribution in [2.45, 2.75) is 6.54 Å². The molecule has 0 unspecified atom stereocenters. The van der Waals surface area contributed by atoms with E-state index in [1.54, 1.807) is 18.5 Å². The fourth-order valence-corrected chi connectivity index (χ4v) is 1.47. The average molecular weight is 282 g/mol. The molecule has 0 saturated carbocycles. The lowest BCUT2D eigenvalue weighted by Crippen LogP contribution is -2.17. The van der Waals surface area contributed by atoms with E-state index in [1.165, 1.54) is 0 Å². The minimum absolute atomic E-state index is 0. The van der Waals surface area contributed by atoms with Crippen LogP contribution in [-0.4, -0.2) is 28.2 Å². The predicted molar refractivity (Wildman–Crippen MR) is 74.6 cm³/mol. The third-order valence-corrected chi connectivity index (χ3v) is 2.27. The van der Waals surface area contributed by atoms with Crippen molar-refractivity contribution in [2.24, 2.45) is 0 Å². The SMILES string of the molecule is Cl.OCCNCc1cccc(Oc2ncccn2)c1. The molecule has 5 nitrogen and oxygen atoms in total. The third kappa shape index (κ3) is 5.21. The summed E-state index contributed by atoms with van der Waals surface area (Å²) in [5, 5.41) is 11.8. The van der Waals surface area contributed by atoms with E-state index >= 15 is 0 Å². The average Bonchev–Trinajstić information content (AvgIpc) is 2.41. The first-order valence-corrected chi connectivity index (χ1v) is 5.74. The second-order valence-corrected chi connectivity index (χ2v) is 3.68. The first-order valence-electron chi connectivity index (χ1n) is 5.74. The molecule has 0 atom stereocenters. The number of hydrogen-bond donors (Lipinski definition) is 2. The van der Waals surface area contributed by atoms with Crippen LogP contribution in [-0.2, 0) is 6.54 Å². The number of aromatic nitrogens is 2. The molecule has 1 heterocycles. The summed E-state index contributed by atoms with van der Waals surface area (Å²) in [5.74, 6) is 0.699. The van der Waals surface area contributed by atoms with Crippen molar-refractivity contribution in [3.63, 3.8) is 0 Å². The Kier molecular flexibility index (Phi) is 6.81. The Morgan fingerprint density at radius 3 is 2.68 bits per heavy atom. The molecule has 0 saturated heterocycles. The van der Waals surface area contributed by atoms with Crippen molar-refractivity contribution in [3.8, 4) is 11.8 Å². The van der Waals surface area contributed by atoms with Gasteiger partial charge in [-0.15, -0.1) is 12.4 Å². The van der Waals surface area contributed by atoms with Crippen LogP contribution in [0, 0.1) is 0 Å². The summed E-state index contributed by atoms with van der Waals surface area (Å²) in [6, 6.07) is 9.74. The third-order valence-electron chi connectivity index (χ3n) is 2.27. The second-order valence-electron chi connectivity index (χ2n) is 3.68. The lowest BCUT2D eigenvalue weighted by molar-refractivity contribution is 0.292. The Morgan fingerprint density at radius 1 is 1.16 bits per heavy atom. The van der Waals surface area contributed by atoms with Gasteiger partial charge in [0.15, 0.2) is 0 Å². The van der Waals surface area contributed by atoms with Crippen LogP contribution >= 0.6 is 12.4 Å². The number of halogens is 1. The van der Waals surface area contributed by atoms with Crippen LogP contribution in [0.15, 0.2) is 42.7 Å². The molecule has 2 rings (SSSR count). The summed E-state index contributed by atoms with van der Waals surface area (Å²) in [7, 11) is 0. The van der Waals surface area contributed by atoms with Crippen molar-refractivity contribution in [1.29, 1.82) is 0 Å². The van der Waals surface area contributed by atoms with Crippen LogP contribution in [0.3, 0.4) is 0 Å². The molecule has 0 aliphatic heterocycles. The number of ether oxygens (including phenoxy) is 1. The van der Waals surface area contributed by atoms with Gasteiger partial charge in [-0.1, -0.05) is 12.1 Å². The van der Waals surface area contributed by atoms with Gasteiger partial charge >= 0.3 is 6.01 Å². The fraction of sp³-hybridized carbons (Fsp3) is 0.231. The molecule has 2 N–H and O–H groups in total. The van der Waals surface area contributed by atoms with Crippen LogP contribution in [0.2, 0.25) is 0 Å². The van der Waals surface area contributed by atoms with Gasteiger partial charge in [-0.25, -0.2) is 9.97 Å². The number of aliphatic hydroxyl groups is 1. The standard InChI is InChI=1S/C13H15N3O2.ClH/c17-8-7-14-10-11-3-1-4-12(9-11)18-13-15-5-2-6-16-13;/h1-6,9,14,17H,7-8,10H2;1H. The first kappa shape index (κ1) is 15.4. The fourth-order valence-electron chi connectivity index (χ4n) is 1.47. The number of rotatable bonds is 6. The number of hydrogen-bond acceptors (Lipinski definition) is 5. The first-order chi connectivity index (χ1) is 8.88. The Bertz CT molecular complexity index is 482. The van der Waals surface area contributed by atoms with E-state index in [0.29, 0.717) is 24.8 Å². The van der Waals surface area contributed by atoms with Crippen LogP contribution in [0.5, 0.6) is 11.8 Å². The van der Waals surface area contributed by atoms with Gasteiger partial charge in [0.25, 0.3) is 0 Å². The molecule has 6 heteroatoms. The molecule has 0 bridgehead atoms. The molecule has 0 aliphatic carbocycles. The maximum atomic E-state index is 8.69. The molecular weight excluding hydrogens is 266 g/mol. The number of aliphatic hydroxyl groups excluding tert-OH is 1. The molecule has 1 aromatic carbocycles. The van der Waals surface area contributed by atoms with Gasteiger partial charge in [0.05, 0.1) is 6.61 Å². The van der Waals surface area contributed by atoms with E-state index in [-0.39, 0.29) is 19.0 Å². The summed E-state index contributed by atoms with van der Waals surface area (Å²) in [5.41, 5.74) is 1.08. The maximum Gasteiger partial charge on any atom is 0.321 e. The zero-order chi connectivity index (χ0) is 12.6. The minimum atomic E-state index is 0. The van der Waals surface area contributed by atoms with E-state index in [2.05, 4.69) is 15.3 Å². The van der Waals surface area contributed by atoms with Gasteiger partial charge < -0.3 is 15.2 Å². The summed E-state index contributed by atoms with van der Waals surface area (Å²) >= 11 is 0. The Hall–Kier alpha value is -1.69. The molecule has 2 aromatic rings. The molecule has 0 spiro atoms. The van der Waals surface area contributed by atoms with Gasteiger partial charge in [-0.3, -0.25) is 0 Å². The molecule has 0 fully saturated rings. The highest BCUT2D eigenvalue weighted by Crippen LogP contribution is 2.18. The molecule has 0 aliphatic rings. The zero-order valence-electron chi connectivity index (χ0n) is 10.3. The molecule has 1 aromatic heterocycles. The van der Waals surface area contributed by atoms with Crippen molar-refractivity contribution in [1.82, 2.24) is 15.3 Å². The Morgan fingerprint density at radius 2 is 1.95 bits per heavy atom. The molecule has 0 amide bonds. The Balaban J connectivity index is 0.00000180. The van der Waals surface area contributed by atoms with Crippen LogP contribution in [0.1, 0.15) is 5.56 Å². The van der Waals surface area contributed by atoms with E-state index in [0.717, 1.165) is 5.56 Å². The normalized spacial score (nSPS) is 9.74. The van der Waals surface area contributed by atoms with Crippen LogP contribution in [0.4, 0.5) is 0 Å². The van der Waals surface area contributed by atoms with Crippen LogP contribution in [0.25, 0.3) is 0 Å². The molecule has 0 radical (unpaired) electrons. The Labute approximate surface area is 118 Å². The second kappa shape index (κ2) is 8.42. The largest absolute Gasteiger partial charge is 0.424 e. The summed E-state index contributed by atoms with van der Waals surface area (Å²) in [6.07, 6.45) is 3.27. The lowest BCUT2D eigenvalue weighted by atomic mass is 10.2. The monoisotopic (exact) mass is 281 g/mol. The van der Waals surface area contributed by atoms with E-state index in [1.807, 2.05) is 24.3 Å². The number of benzene rings is 1. The zero-order valence-corrected chi connectivity index (χ0v) is 11.1. The van der Waals surface area contributed by atoms with E-state index in [9.17, 15) is 0 Å². The highest BCUT2D eigenvalue weighted by Gasteiger charge is 2.00. The van der Waals surface area contributed by atoms with E-state index in [4.69, 9.17) is 9.84 Å². The highest BCUT2D eigenvalue weighted by molar-refractivity contribution is 5.85. The summed E-state index contributed by atoms with van der Waals surface area (Å²) in [4.78, 5) is 7.99. The van der Waals surface area contributed by atoms with Gasteiger partial charge in [0.1, 0.15) is 5.75 Å². The smallest absolute Gasteiger partial charge is 0.321 e. The molecule has 19 heavy (non-hydrogen) atoms. The van der Waals surface area contributed by atoms with Gasteiger partial charge in [-0.2, -0.15) is 0 Å². The van der Waals surface area contributed by atoms with Crippen molar-refractivity contribution >= 4 is 12.4 Å². The van der Waals surface area contributed by atoms with Gasteiger partial charge in [0.2, 0.25) is 0 Å². The van der Waals surface area contributed by atoms with E-state index < -0.39 is 0 Å².